The van der Waals surface area contributed by atoms with Crippen LogP contribution in [-0.4, -0.2) is 23.0 Å². The van der Waals surface area contributed by atoms with Gasteiger partial charge in [0.1, 0.15) is 22.9 Å². The lowest BCUT2D eigenvalue weighted by Gasteiger charge is -2.09. The number of benzene rings is 2. The van der Waals surface area contributed by atoms with E-state index in [0.29, 0.717) is 50.5 Å². The summed E-state index contributed by atoms with van der Waals surface area (Å²) in [6.45, 7) is 3.75. The molecule has 0 radical (unpaired) electrons. The van der Waals surface area contributed by atoms with Crippen molar-refractivity contribution in [3.05, 3.63) is 87.5 Å². The molecule has 176 valence electrons. The molecule has 0 saturated carbocycles. The Balaban J connectivity index is 1.50. The Labute approximate surface area is 204 Å². The zero-order valence-corrected chi connectivity index (χ0v) is 20.1. The number of hydrogen-bond acceptors (Lipinski definition) is 8. The zero-order valence-electron chi connectivity index (χ0n) is 19.2. The molecule has 3 heterocycles. The summed E-state index contributed by atoms with van der Waals surface area (Å²) in [6.07, 6.45) is 0. The van der Waals surface area contributed by atoms with Crippen LogP contribution in [0, 0.1) is 13.8 Å². The first-order valence-corrected chi connectivity index (χ1v) is 11.8. The normalized spacial score (nSPS) is 11.2. The van der Waals surface area contributed by atoms with Crippen molar-refractivity contribution in [3.8, 4) is 5.75 Å². The molecule has 1 amide bonds. The van der Waals surface area contributed by atoms with Crippen LogP contribution in [-0.2, 0) is 5.75 Å². The molecule has 5 aromatic rings. The van der Waals surface area contributed by atoms with E-state index < -0.39 is 5.63 Å². The zero-order chi connectivity index (χ0) is 24.5. The van der Waals surface area contributed by atoms with Crippen LogP contribution in [0.2, 0.25) is 0 Å². The molecule has 0 spiro atoms. The van der Waals surface area contributed by atoms with Crippen LogP contribution in [0.3, 0.4) is 0 Å². The molecule has 0 aliphatic carbocycles. The number of carbonyl (C=O) groups is 1. The SMILES string of the molecule is COc1ccc2c(CSc3nc(NC(=O)c4ccccc4)c4c(C)c(C)oc4n3)cc(=O)oc2c1. The molecule has 0 unspecified atom stereocenters. The number of ether oxygens (including phenoxy) is 1. The van der Waals surface area contributed by atoms with Crippen molar-refractivity contribution < 1.29 is 18.4 Å². The molecule has 0 aliphatic rings. The quantitative estimate of drug-likeness (QED) is 0.190. The van der Waals surface area contributed by atoms with Gasteiger partial charge >= 0.3 is 5.63 Å². The molecule has 1 N–H and O–H groups in total. The van der Waals surface area contributed by atoms with Crippen LogP contribution in [0.1, 0.15) is 27.2 Å². The Morgan fingerprint density at radius 2 is 1.86 bits per heavy atom. The van der Waals surface area contributed by atoms with Gasteiger partial charge in [-0.2, -0.15) is 4.98 Å². The topological polar surface area (TPSA) is 107 Å². The summed E-state index contributed by atoms with van der Waals surface area (Å²) in [4.78, 5) is 34.1. The fourth-order valence-corrected chi connectivity index (χ4v) is 4.58. The van der Waals surface area contributed by atoms with Gasteiger partial charge in [-0.3, -0.25) is 4.79 Å². The van der Waals surface area contributed by atoms with Crippen LogP contribution >= 0.6 is 11.8 Å². The Morgan fingerprint density at radius 1 is 1.06 bits per heavy atom. The van der Waals surface area contributed by atoms with E-state index in [1.165, 1.54) is 17.8 Å². The second-order valence-electron chi connectivity index (χ2n) is 7.88. The highest BCUT2D eigenvalue weighted by atomic mass is 32.2. The monoisotopic (exact) mass is 487 g/mol. The van der Waals surface area contributed by atoms with Crippen molar-refractivity contribution in [2.24, 2.45) is 0 Å². The molecule has 3 aromatic heterocycles. The highest BCUT2D eigenvalue weighted by Gasteiger charge is 2.19. The number of anilines is 1. The fourth-order valence-electron chi connectivity index (χ4n) is 3.75. The second kappa shape index (κ2) is 9.27. The van der Waals surface area contributed by atoms with E-state index in [4.69, 9.17) is 13.6 Å². The third-order valence-corrected chi connectivity index (χ3v) is 6.57. The van der Waals surface area contributed by atoms with E-state index in [0.717, 1.165) is 16.5 Å². The fraction of sp³-hybridized carbons (Fsp3) is 0.154. The van der Waals surface area contributed by atoms with Gasteiger partial charge in [-0.1, -0.05) is 30.0 Å². The standard InChI is InChI=1S/C26H21N3O5S/c1-14-15(2)33-25-22(14)23(27-24(31)16-7-5-4-6-8-16)28-26(29-25)35-13-17-11-21(30)34-20-12-18(32-3)9-10-19(17)20/h4-12H,13H2,1-3H3,(H,27,28,29,31). The van der Waals surface area contributed by atoms with Crippen LogP contribution in [0.25, 0.3) is 22.1 Å². The van der Waals surface area contributed by atoms with Gasteiger partial charge in [-0.05, 0) is 43.7 Å². The third kappa shape index (κ3) is 4.50. The minimum Gasteiger partial charge on any atom is -0.497 e. The van der Waals surface area contributed by atoms with Gasteiger partial charge in [0.05, 0.1) is 12.5 Å². The molecule has 0 aliphatic heterocycles. The number of rotatable bonds is 6. The molecule has 35 heavy (non-hydrogen) atoms. The Hall–Kier alpha value is -4.11. The summed E-state index contributed by atoms with van der Waals surface area (Å²) >= 11 is 1.33. The summed E-state index contributed by atoms with van der Waals surface area (Å²) in [7, 11) is 1.55. The first-order valence-electron chi connectivity index (χ1n) is 10.8. The number of amides is 1. The number of hydrogen-bond donors (Lipinski definition) is 1. The van der Waals surface area contributed by atoms with Gasteiger partial charge in [-0.15, -0.1) is 0 Å². The summed E-state index contributed by atoms with van der Waals surface area (Å²) < 4.78 is 16.4. The molecule has 0 bridgehead atoms. The second-order valence-corrected chi connectivity index (χ2v) is 8.82. The lowest BCUT2D eigenvalue weighted by Crippen LogP contribution is -2.13. The number of fused-ring (bicyclic) bond motifs is 2. The molecule has 9 heteroatoms. The van der Waals surface area contributed by atoms with Crippen molar-refractivity contribution in [3.63, 3.8) is 0 Å². The van der Waals surface area contributed by atoms with E-state index >= 15 is 0 Å². The number of thioether (sulfide) groups is 1. The molecular weight excluding hydrogens is 466 g/mol. The van der Waals surface area contributed by atoms with Gasteiger partial charge in [0, 0.05) is 34.4 Å². The van der Waals surface area contributed by atoms with Crippen LogP contribution < -0.4 is 15.7 Å². The van der Waals surface area contributed by atoms with Crippen LogP contribution in [0.5, 0.6) is 5.75 Å². The summed E-state index contributed by atoms with van der Waals surface area (Å²) in [5, 5.41) is 4.76. The number of aryl methyl sites for hydroxylation is 2. The maximum atomic E-state index is 12.8. The van der Waals surface area contributed by atoms with E-state index in [1.54, 1.807) is 37.4 Å². The van der Waals surface area contributed by atoms with Gasteiger partial charge in [0.15, 0.2) is 5.16 Å². The average molecular weight is 488 g/mol. The molecule has 0 fully saturated rings. The molecule has 8 nitrogen and oxygen atoms in total. The van der Waals surface area contributed by atoms with Gasteiger partial charge in [-0.25, -0.2) is 9.78 Å². The third-order valence-electron chi connectivity index (χ3n) is 5.67. The summed E-state index contributed by atoms with van der Waals surface area (Å²) in [5.74, 6) is 1.81. The van der Waals surface area contributed by atoms with E-state index in [9.17, 15) is 9.59 Å². The van der Waals surface area contributed by atoms with E-state index in [1.807, 2.05) is 32.0 Å². The number of methoxy groups -OCH3 is 1. The highest BCUT2D eigenvalue weighted by molar-refractivity contribution is 7.98. The average Bonchev–Trinajstić information content (AvgIpc) is 3.15. The van der Waals surface area contributed by atoms with Gasteiger partial charge < -0.3 is 18.9 Å². The first-order chi connectivity index (χ1) is 16.9. The number of carbonyl (C=O) groups excluding carboxylic acids is 1. The largest absolute Gasteiger partial charge is 0.497 e. The number of nitrogens with zero attached hydrogens (tertiary/aromatic N) is 2. The summed E-state index contributed by atoms with van der Waals surface area (Å²) in [6, 6.07) is 15.7. The molecule has 5 rings (SSSR count). The van der Waals surface area contributed by atoms with Crippen molar-refractivity contribution in [2.75, 3.05) is 12.4 Å². The smallest absolute Gasteiger partial charge is 0.336 e. The van der Waals surface area contributed by atoms with Crippen molar-refractivity contribution in [1.29, 1.82) is 0 Å². The number of aromatic nitrogens is 2. The molecular formula is C26H21N3O5S. The lowest BCUT2D eigenvalue weighted by molar-refractivity contribution is 0.102. The van der Waals surface area contributed by atoms with E-state index in [2.05, 4.69) is 15.3 Å². The van der Waals surface area contributed by atoms with Crippen molar-refractivity contribution >= 4 is 45.6 Å². The molecule has 2 aromatic carbocycles. The molecule has 0 atom stereocenters. The van der Waals surface area contributed by atoms with Crippen LogP contribution in [0.15, 0.2) is 73.4 Å². The van der Waals surface area contributed by atoms with Gasteiger partial charge in [0.2, 0.25) is 5.71 Å². The molecule has 0 saturated heterocycles. The van der Waals surface area contributed by atoms with Crippen LogP contribution in [0.4, 0.5) is 5.82 Å². The predicted octanol–water partition coefficient (Wildman–Crippen LogP) is 5.50. The minimum absolute atomic E-state index is 0.277. The number of nitrogens with one attached hydrogen (secondary N) is 1. The van der Waals surface area contributed by atoms with Crippen molar-refractivity contribution in [1.82, 2.24) is 9.97 Å². The Morgan fingerprint density at radius 3 is 2.63 bits per heavy atom. The minimum atomic E-state index is -0.453. The Bertz CT molecular complexity index is 1630. The summed E-state index contributed by atoms with van der Waals surface area (Å²) in [5.41, 5.74) is 2.53. The van der Waals surface area contributed by atoms with Crippen molar-refractivity contribution in [2.45, 2.75) is 24.8 Å². The van der Waals surface area contributed by atoms with Gasteiger partial charge in [0.25, 0.3) is 5.91 Å². The highest BCUT2D eigenvalue weighted by Crippen LogP contribution is 2.33. The predicted molar refractivity (Wildman–Crippen MR) is 134 cm³/mol. The first kappa shape index (κ1) is 22.7. The number of furan rings is 1. The maximum Gasteiger partial charge on any atom is 0.336 e. The maximum absolute atomic E-state index is 12.8. The Kier molecular flexibility index (Phi) is 6.00. The van der Waals surface area contributed by atoms with E-state index in [-0.39, 0.29) is 5.91 Å². The lowest BCUT2D eigenvalue weighted by atomic mass is 10.1.